The standard InChI is InChI=1S/C15H18N2/c1-2-14(12-8-4-3-5-9-12)17-15-11-7-6-10-13(15)16/h3-11,14,17H,2,16H2,1H3. The lowest BCUT2D eigenvalue weighted by atomic mass is 10.0. The zero-order valence-corrected chi connectivity index (χ0v) is 10.1. The Labute approximate surface area is 102 Å². The molecule has 0 bridgehead atoms. The van der Waals surface area contributed by atoms with Crippen LogP contribution >= 0.6 is 0 Å². The molecule has 0 fully saturated rings. The number of anilines is 2. The molecule has 0 spiro atoms. The SMILES string of the molecule is CCC(Nc1ccccc1N)c1ccccc1. The minimum atomic E-state index is 0.306. The summed E-state index contributed by atoms with van der Waals surface area (Å²) in [6.07, 6.45) is 1.03. The lowest BCUT2D eigenvalue weighted by molar-refractivity contribution is 0.750. The first kappa shape index (κ1) is 11.5. The van der Waals surface area contributed by atoms with E-state index in [4.69, 9.17) is 5.73 Å². The second-order valence-corrected chi connectivity index (χ2v) is 4.10. The van der Waals surface area contributed by atoms with Gasteiger partial charge in [-0.3, -0.25) is 0 Å². The Balaban J connectivity index is 2.19. The highest BCUT2D eigenvalue weighted by Gasteiger charge is 2.09. The van der Waals surface area contributed by atoms with Crippen molar-refractivity contribution in [2.45, 2.75) is 19.4 Å². The van der Waals surface area contributed by atoms with Gasteiger partial charge in [-0.05, 0) is 24.1 Å². The van der Waals surface area contributed by atoms with Crippen molar-refractivity contribution in [3.8, 4) is 0 Å². The van der Waals surface area contributed by atoms with Gasteiger partial charge in [-0.1, -0.05) is 49.4 Å². The predicted molar refractivity (Wildman–Crippen MR) is 74.0 cm³/mol. The molecule has 0 saturated carbocycles. The van der Waals surface area contributed by atoms with Crippen LogP contribution in [-0.2, 0) is 0 Å². The fourth-order valence-electron chi connectivity index (χ4n) is 1.92. The van der Waals surface area contributed by atoms with Gasteiger partial charge in [0.15, 0.2) is 0 Å². The minimum Gasteiger partial charge on any atom is -0.397 e. The van der Waals surface area contributed by atoms with Crippen LogP contribution in [0, 0.1) is 0 Å². The van der Waals surface area contributed by atoms with Crippen molar-refractivity contribution >= 4 is 11.4 Å². The zero-order chi connectivity index (χ0) is 12.1. The molecule has 0 saturated heterocycles. The second kappa shape index (κ2) is 5.39. The molecule has 0 heterocycles. The molecule has 3 N–H and O–H groups in total. The van der Waals surface area contributed by atoms with Crippen LogP contribution in [-0.4, -0.2) is 0 Å². The zero-order valence-electron chi connectivity index (χ0n) is 10.1. The fourth-order valence-corrected chi connectivity index (χ4v) is 1.92. The monoisotopic (exact) mass is 226 g/mol. The van der Waals surface area contributed by atoms with Crippen molar-refractivity contribution in [1.29, 1.82) is 0 Å². The van der Waals surface area contributed by atoms with Crippen LogP contribution in [0.1, 0.15) is 24.9 Å². The molecule has 2 nitrogen and oxygen atoms in total. The Morgan fingerprint density at radius 2 is 1.65 bits per heavy atom. The van der Waals surface area contributed by atoms with Gasteiger partial charge in [0.2, 0.25) is 0 Å². The number of nitrogens with two attached hydrogens (primary N) is 1. The van der Waals surface area contributed by atoms with Crippen molar-refractivity contribution in [1.82, 2.24) is 0 Å². The molecule has 0 amide bonds. The molecule has 0 radical (unpaired) electrons. The molecule has 17 heavy (non-hydrogen) atoms. The molecular weight excluding hydrogens is 208 g/mol. The summed E-state index contributed by atoms with van der Waals surface area (Å²) in [7, 11) is 0. The van der Waals surface area contributed by atoms with Gasteiger partial charge in [0.25, 0.3) is 0 Å². The minimum absolute atomic E-state index is 0.306. The lowest BCUT2D eigenvalue weighted by Gasteiger charge is -2.19. The molecule has 88 valence electrons. The molecule has 1 atom stereocenters. The number of para-hydroxylation sites is 2. The summed E-state index contributed by atoms with van der Waals surface area (Å²) in [5, 5.41) is 3.49. The van der Waals surface area contributed by atoms with Gasteiger partial charge in [0.1, 0.15) is 0 Å². The predicted octanol–water partition coefficient (Wildman–Crippen LogP) is 3.83. The molecule has 0 aromatic heterocycles. The Kier molecular flexibility index (Phi) is 3.66. The summed E-state index contributed by atoms with van der Waals surface area (Å²) in [6, 6.07) is 18.6. The van der Waals surface area contributed by atoms with Crippen molar-refractivity contribution < 1.29 is 0 Å². The van der Waals surface area contributed by atoms with Crippen LogP contribution in [0.2, 0.25) is 0 Å². The Morgan fingerprint density at radius 1 is 1.00 bits per heavy atom. The van der Waals surface area contributed by atoms with E-state index in [2.05, 4.69) is 36.5 Å². The third-order valence-corrected chi connectivity index (χ3v) is 2.90. The van der Waals surface area contributed by atoms with E-state index in [1.54, 1.807) is 0 Å². The van der Waals surface area contributed by atoms with Crippen molar-refractivity contribution in [2.24, 2.45) is 0 Å². The number of hydrogen-bond acceptors (Lipinski definition) is 2. The number of benzene rings is 2. The van der Waals surface area contributed by atoms with Gasteiger partial charge >= 0.3 is 0 Å². The Bertz CT molecular complexity index is 465. The third-order valence-electron chi connectivity index (χ3n) is 2.90. The van der Waals surface area contributed by atoms with Crippen molar-refractivity contribution in [3.05, 3.63) is 60.2 Å². The van der Waals surface area contributed by atoms with Crippen LogP contribution in [0.4, 0.5) is 11.4 Å². The summed E-state index contributed by atoms with van der Waals surface area (Å²) < 4.78 is 0. The second-order valence-electron chi connectivity index (χ2n) is 4.10. The van der Waals surface area contributed by atoms with Gasteiger partial charge in [0.05, 0.1) is 17.4 Å². The van der Waals surface area contributed by atoms with Crippen LogP contribution in [0.5, 0.6) is 0 Å². The quantitative estimate of drug-likeness (QED) is 0.777. The van der Waals surface area contributed by atoms with Crippen LogP contribution in [0.15, 0.2) is 54.6 Å². The summed E-state index contributed by atoms with van der Waals surface area (Å²) in [5.74, 6) is 0. The molecular formula is C15H18N2. The Hall–Kier alpha value is -1.96. The highest BCUT2D eigenvalue weighted by atomic mass is 14.9. The van der Waals surface area contributed by atoms with Crippen LogP contribution in [0.3, 0.4) is 0 Å². The molecule has 2 aromatic rings. The topological polar surface area (TPSA) is 38.0 Å². The maximum absolute atomic E-state index is 5.94. The molecule has 2 aromatic carbocycles. The highest BCUT2D eigenvalue weighted by molar-refractivity contribution is 5.66. The van der Waals surface area contributed by atoms with Crippen LogP contribution in [0.25, 0.3) is 0 Å². The number of rotatable bonds is 4. The smallest absolute Gasteiger partial charge is 0.0578 e. The van der Waals surface area contributed by atoms with E-state index in [9.17, 15) is 0 Å². The summed E-state index contributed by atoms with van der Waals surface area (Å²) >= 11 is 0. The largest absolute Gasteiger partial charge is 0.397 e. The summed E-state index contributed by atoms with van der Waals surface area (Å²) in [6.45, 7) is 2.17. The summed E-state index contributed by atoms with van der Waals surface area (Å²) in [4.78, 5) is 0. The molecule has 0 aliphatic carbocycles. The van der Waals surface area contributed by atoms with E-state index < -0.39 is 0 Å². The summed E-state index contributed by atoms with van der Waals surface area (Å²) in [5.41, 5.74) is 9.03. The van der Waals surface area contributed by atoms with Gasteiger partial charge in [0, 0.05) is 0 Å². The van der Waals surface area contributed by atoms with Crippen LogP contribution < -0.4 is 11.1 Å². The Morgan fingerprint density at radius 3 is 2.29 bits per heavy atom. The first-order valence-corrected chi connectivity index (χ1v) is 5.97. The van der Waals surface area contributed by atoms with Gasteiger partial charge in [-0.2, -0.15) is 0 Å². The van der Waals surface area contributed by atoms with E-state index in [1.807, 2.05) is 30.3 Å². The first-order chi connectivity index (χ1) is 8.31. The lowest BCUT2D eigenvalue weighted by Crippen LogP contribution is -2.10. The molecule has 2 rings (SSSR count). The van der Waals surface area contributed by atoms with E-state index >= 15 is 0 Å². The van der Waals surface area contributed by atoms with Gasteiger partial charge in [-0.15, -0.1) is 0 Å². The van der Waals surface area contributed by atoms with E-state index in [0.717, 1.165) is 17.8 Å². The molecule has 0 aliphatic heterocycles. The van der Waals surface area contributed by atoms with E-state index in [1.165, 1.54) is 5.56 Å². The first-order valence-electron chi connectivity index (χ1n) is 5.97. The fraction of sp³-hybridized carbons (Fsp3) is 0.200. The molecule has 0 aliphatic rings. The number of hydrogen-bond donors (Lipinski definition) is 2. The third kappa shape index (κ3) is 2.78. The molecule has 1 unspecified atom stereocenters. The maximum atomic E-state index is 5.94. The van der Waals surface area contributed by atoms with Crippen molar-refractivity contribution in [2.75, 3.05) is 11.1 Å². The van der Waals surface area contributed by atoms with Crippen molar-refractivity contribution in [3.63, 3.8) is 0 Å². The average Bonchev–Trinajstić information content (AvgIpc) is 2.39. The number of nitrogen functional groups attached to an aromatic ring is 1. The molecule has 2 heteroatoms. The van der Waals surface area contributed by atoms with E-state index in [-0.39, 0.29) is 0 Å². The maximum Gasteiger partial charge on any atom is 0.0578 e. The normalized spacial score (nSPS) is 12.1. The highest BCUT2D eigenvalue weighted by Crippen LogP contribution is 2.25. The van der Waals surface area contributed by atoms with Gasteiger partial charge < -0.3 is 11.1 Å². The number of nitrogens with one attached hydrogen (secondary N) is 1. The van der Waals surface area contributed by atoms with Gasteiger partial charge in [-0.25, -0.2) is 0 Å². The average molecular weight is 226 g/mol. The van der Waals surface area contributed by atoms with E-state index in [0.29, 0.717) is 6.04 Å².